The third-order valence-electron chi connectivity index (χ3n) is 5.25. The van der Waals surface area contributed by atoms with Gasteiger partial charge in [0.2, 0.25) is 0 Å². The predicted molar refractivity (Wildman–Crippen MR) is 130 cm³/mol. The first kappa shape index (κ1) is 25.1. The third kappa shape index (κ3) is 6.75. The van der Waals surface area contributed by atoms with Gasteiger partial charge in [0.05, 0.1) is 5.56 Å². The normalized spacial score (nSPS) is 12.6. The molecule has 2 nitrogen and oxygen atoms in total. The highest BCUT2D eigenvalue weighted by molar-refractivity contribution is 6.35. The lowest BCUT2D eigenvalue weighted by molar-refractivity contribution is -0.137. The number of nitrogens with one attached hydrogen (secondary N) is 1. The lowest BCUT2D eigenvalue weighted by Gasteiger charge is -2.20. The van der Waals surface area contributed by atoms with Crippen LogP contribution in [0.2, 0.25) is 10.0 Å². The zero-order chi connectivity index (χ0) is 24.3. The van der Waals surface area contributed by atoms with Gasteiger partial charge in [0, 0.05) is 27.3 Å². The second kappa shape index (κ2) is 10.2. The average molecular weight is 494 g/mol. The summed E-state index contributed by atoms with van der Waals surface area (Å²) in [6.07, 6.45) is -3.75. The molecular formula is C26H24Cl2F3NO. The molecule has 0 aromatic heterocycles. The molecule has 7 heteroatoms. The van der Waals surface area contributed by atoms with Crippen LogP contribution in [0, 0.1) is 5.92 Å². The van der Waals surface area contributed by atoms with Crippen LogP contribution in [0.25, 0.3) is 11.1 Å². The molecule has 0 aliphatic rings. The van der Waals surface area contributed by atoms with Crippen LogP contribution in [-0.2, 0) is 11.0 Å². The monoisotopic (exact) mass is 493 g/mol. The molecule has 0 radical (unpaired) electrons. The standard InChI is InChI=1S/C26H24Cl2F3NO/c1-15(2)8-25(16(3)33)19-9-18(17-4-6-20(7-5-17)26(29,30)31)10-23(11-19)32-24-13-21(27)12-22(28)14-24/h4-7,9-15,25,32H,8H2,1-3H3. The lowest BCUT2D eigenvalue weighted by Crippen LogP contribution is -2.12. The third-order valence-corrected chi connectivity index (χ3v) is 5.69. The highest BCUT2D eigenvalue weighted by Crippen LogP contribution is 2.36. The molecule has 1 N–H and O–H groups in total. The molecule has 0 spiro atoms. The highest BCUT2D eigenvalue weighted by atomic mass is 35.5. The van der Waals surface area contributed by atoms with E-state index in [0.717, 1.165) is 17.7 Å². The van der Waals surface area contributed by atoms with Crippen molar-refractivity contribution in [2.24, 2.45) is 5.92 Å². The van der Waals surface area contributed by atoms with Crippen molar-refractivity contribution in [1.82, 2.24) is 0 Å². The quantitative estimate of drug-likeness (QED) is 0.355. The number of benzene rings is 3. The maximum atomic E-state index is 13.0. The van der Waals surface area contributed by atoms with Crippen molar-refractivity contribution in [3.05, 3.63) is 81.8 Å². The molecule has 3 rings (SSSR count). The predicted octanol–water partition coefficient (Wildman–Crippen LogP) is 9.14. The van der Waals surface area contributed by atoms with Crippen LogP contribution in [0.15, 0.2) is 60.7 Å². The smallest absolute Gasteiger partial charge is 0.355 e. The largest absolute Gasteiger partial charge is 0.416 e. The summed E-state index contributed by atoms with van der Waals surface area (Å²) in [7, 11) is 0. The fourth-order valence-corrected chi connectivity index (χ4v) is 4.27. The maximum absolute atomic E-state index is 13.0. The second-order valence-corrected chi connectivity index (χ2v) is 9.37. The van der Waals surface area contributed by atoms with Crippen molar-refractivity contribution >= 4 is 40.4 Å². The van der Waals surface area contributed by atoms with Crippen LogP contribution in [0.4, 0.5) is 24.5 Å². The van der Waals surface area contributed by atoms with Gasteiger partial charge in [0.1, 0.15) is 5.78 Å². The lowest BCUT2D eigenvalue weighted by atomic mass is 9.85. The summed E-state index contributed by atoms with van der Waals surface area (Å²) >= 11 is 12.2. The van der Waals surface area contributed by atoms with Crippen molar-refractivity contribution in [3.8, 4) is 11.1 Å². The van der Waals surface area contributed by atoms with Crippen LogP contribution in [0.3, 0.4) is 0 Å². The Hall–Kier alpha value is -2.50. The van der Waals surface area contributed by atoms with E-state index >= 15 is 0 Å². The molecule has 33 heavy (non-hydrogen) atoms. The van der Waals surface area contributed by atoms with Gasteiger partial charge in [-0.25, -0.2) is 0 Å². The van der Waals surface area contributed by atoms with Crippen molar-refractivity contribution in [2.45, 2.75) is 39.3 Å². The molecule has 0 heterocycles. The fraction of sp³-hybridized carbons (Fsp3) is 0.269. The van der Waals surface area contributed by atoms with E-state index in [2.05, 4.69) is 5.32 Å². The minimum Gasteiger partial charge on any atom is -0.355 e. The molecule has 0 fully saturated rings. The van der Waals surface area contributed by atoms with Crippen LogP contribution in [-0.4, -0.2) is 5.78 Å². The van der Waals surface area contributed by atoms with E-state index < -0.39 is 11.7 Å². The second-order valence-electron chi connectivity index (χ2n) is 8.49. The molecule has 1 atom stereocenters. The van der Waals surface area contributed by atoms with Crippen molar-refractivity contribution < 1.29 is 18.0 Å². The number of carbonyl (C=O) groups excluding carboxylic acids is 1. The first-order chi connectivity index (χ1) is 15.4. The summed E-state index contributed by atoms with van der Waals surface area (Å²) in [4.78, 5) is 12.5. The van der Waals surface area contributed by atoms with Gasteiger partial charge < -0.3 is 5.32 Å². The van der Waals surface area contributed by atoms with Gasteiger partial charge in [0.15, 0.2) is 0 Å². The van der Waals surface area contributed by atoms with Crippen molar-refractivity contribution in [1.29, 1.82) is 0 Å². The molecule has 3 aromatic rings. The number of alkyl halides is 3. The summed E-state index contributed by atoms with van der Waals surface area (Å²) in [5, 5.41) is 4.19. The van der Waals surface area contributed by atoms with E-state index in [-0.39, 0.29) is 17.6 Å². The molecule has 0 saturated carbocycles. The van der Waals surface area contributed by atoms with Crippen LogP contribution < -0.4 is 5.32 Å². The molecular weight excluding hydrogens is 470 g/mol. The van der Waals surface area contributed by atoms with Gasteiger partial charge in [0.25, 0.3) is 0 Å². The molecule has 0 aliphatic carbocycles. The zero-order valence-corrected chi connectivity index (χ0v) is 19.9. The molecule has 0 aliphatic heterocycles. The first-order valence-electron chi connectivity index (χ1n) is 10.5. The van der Waals surface area contributed by atoms with E-state index in [1.54, 1.807) is 25.1 Å². The fourth-order valence-electron chi connectivity index (χ4n) is 3.74. The first-order valence-corrected chi connectivity index (χ1v) is 11.2. The van der Waals surface area contributed by atoms with Gasteiger partial charge in [-0.3, -0.25) is 4.79 Å². The Morgan fingerprint density at radius 1 is 0.879 bits per heavy atom. The Kier molecular flexibility index (Phi) is 7.76. The number of hydrogen-bond donors (Lipinski definition) is 1. The average Bonchev–Trinajstić information content (AvgIpc) is 2.70. The molecule has 0 bridgehead atoms. The highest BCUT2D eigenvalue weighted by Gasteiger charge is 2.30. The van der Waals surface area contributed by atoms with Crippen LogP contribution >= 0.6 is 23.2 Å². The van der Waals surface area contributed by atoms with E-state index in [1.807, 2.05) is 32.0 Å². The van der Waals surface area contributed by atoms with Crippen LogP contribution in [0.5, 0.6) is 0 Å². The maximum Gasteiger partial charge on any atom is 0.416 e. The number of halogens is 5. The Labute approximate surface area is 201 Å². The number of ketones is 1. The zero-order valence-electron chi connectivity index (χ0n) is 18.4. The number of rotatable bonds is 7. The molecule has 0 saturated heterocycles. The Balaban J connectivity index is 2.09. The number of carbonyl (C=O) groups is 1. The summed E-state index contributed by atoms with van der Waals surface area (Å²) in [6.45, 7) is 5.65. The summed E-state index contributed by atoms with van der Waals surface area (Å²) in [5.41, 5.74) is 2.73. The van der Waals surface area contributed by atoms with E-state index in [9.17, 15) is 18.0 Å². The number of hydrogen-bond acceptors (Lipinski definition) is 2. The summed E-state index contributed by atoms with van der Waals surface area (Å²) in [6, 6.07) is 15.6. The van der Waals surface area contributed by atoms with Crippen LogP contribution in [0.1, 0.15) is 44.2 Å². The van der Waals surface area contributed by atoms with Gasteiger partial charge in [-0.2, -0.15) is 13.2 Å². The summed E-state index contributed by atoms with van der Waals surface area (Å²) in [5.74, 6) is -0.00955. The Bertz CT molecular complexity index is 1120. The Morgan fingerprint density at radius 2 is 1.45 bits per heavy atom. The molecule has 3 aromatic carbocycles. The topological polar surface area (TPSA) is 29.1 Å². The molecule has 1 unspecified atom stereocenters. The van der Waals surface area contributed by atoms with Gasteiger partial charge in [-0.05, 0) is 78.4 Å². The van der Waals surface area contributed by atoms with Gasteiger partial charge in [-0.15, -0.1) is 0 Å². The van der Waals surface area contributed by atoms with Crippen molar-refractivity contribution in [3.63, 3.8) is 0 Å². The van der Waals surface area contributed by atoms with E-state index in [4.69, 9.17) is 23.2 Å². The van der Waals surface area contributed by atoms with E-state index in [0.29, 0.717) is 39.0 Å². The SMILES string of the molecule is CC(=O)C(CC(C)C)c1cc(Nc2cc(Cl)cc(Cl)c2)cc(-c2ccc(C(F)(F)F)cc2)c1. The molecule has 0 amide bonds. The van der Waals surface area contributed by atoms with Crippen molar-refractivity contribution in [2.75, 3.05) is 5.32 Å². The minimum atomic E-state index is -4.41. The van der Waals surface area contributed by atoms with Gasteiger partial charge in [-0.1, -0.05) is 55.2 Å². The number of Topliss-reactive ketones (excluding diaryl/α,β-unsaturated/α-hetero) is 1. The van der Waals surface area contributed by atoms with Gasteiger partial charge >= 0.3 is 6.18 Å². The molecule has 174 valence electrons. The number of anilines is 2. The minimum absolute atomic E-state index is 0.0324. The summed E-state index contributed by atoms with van der Waals surface area (Å²) < 4.78 is 39.0. The van der Waals surface area contributed by atoms with E-state index in [1.165, 1.54) is 12.1 Å². The Morgan fingerprint density at radius 3 is 1.97 bits per heavy atom.